The van der Waals surface area contributed by atoms with E-state index in [9.17, 15) is 8.78 Å². The Balaban J connectivity index is 2.81. The number of anilines is 2. The molecule has 0 aromatic carbocycles. The monoisotopic (exact) mass is 261 g/mol. The van der Waals surface area contributed by atoms with Gasteiger partial charge in [-0.15, -0.1) is 0 Å². The van der Waals surface area contributed by atoms with E-state index in [1.807, 2.05) is 0 Å². The molecule has 102 valence electrons. The average molecular weight is 261 g/mol. The van der Waals surface area contributed by atoms with Crippen molar-refractivity contribution in [3.63, 3.8) is 0 Å². The summed E-state index contributed by atoms with van der Waals surface area (Å²) in [5.74, 6) is -1.72. The topological polar surface area (TPSA) is 66.4 Å². The molecule has 0 aliphatic rings. The first-order chi connectivity index (χ1) is 8.62. The van der Waals surface area contributed by atoms with E-state index < -0.39 is 17.7 Å². The molecule has 0 amide bonds. The quantitative estimate of drug-likeness (QED) is 0.688. The van der Waals surface area contributed by atoms with Gasteiger partial charge in [0.05, 0.1) is 12.6 Å². The normalized spacial score (nSPS) is 12.3. The zero-order chi connectivity index (χ0) is 13.5. The van der Waals surface area contributed by atoms with Crippen LogP contribution in [0.4, 0.5) is 20.4 Å². The number of aliphatic hydroxyl groups is 1. The minimum Gasteiger partial charge on any atom is -0.394 e. The molecule has 0 aliphatic heterocycles. The van der Waals surface area contributed by atoms with Crippen molar-refractivity contribution >= 4 is 11.6 Å². The van der Waals surface area contributed by atoms with Crippen molar-refractivity contribution < 1.29 is 18.6 Å². The summed E-state index contributed by atoms with van der Waals surface area (Å²) in [7, 11) is 3.02. The van der Waals surface area contributed by atoms with E-state index in [2.05, 4.69) is 15.6 Å². The third-order valence-electron chi connectivity index (χ3n) is 2.40. The SMILES string of the molecule is CNc1nc(NC(CO)CCOC)c(F)cc1F. The van der Waals surface area contributed by atoms with E-state index in [0.717, 1.165) is 6.07 Å². The summed E-state index contributed by atoms with van der Waals surface area (Å²) in [6.45, 7) is 0.219. The Bertz CT molecular complexity index is 391. The van der Waals surface area contributed by atoms with E-state index in [1.54, 1.807) is 0 Å². The van der Waals surface area contributed by atoms with Gasteiger partial charge in [-0.25, -0.2) is 13.8 Å². The van der Waals surface area contributed by atoms with Gasteiger partial charge in [0.2, 0.25) is 0 Å². The molecule has 1 aromatic rings. The average Bonchev–Trinajstić information content (AvgIpc) is 2.36. The van der Waals surface area contributed by atoms with Gasteiger partial charge in [-0.05, 0) is 6.42 Å². The van der Waals surface area contributed by atoms with Crippen LogP contribution in [0.25, 0.3) is 0 Å². The summed E-state index contributed by atoms with van der Waals surface area (Å²) >= 11 is 0. The predicted molar refractivity (Wildman–Crippen MR) is 64.7 cm³/mol. The smallest absolute Gasteiger partial charge is 0.168 e. The Hall–Kier alpha value is -1.47. The molecular formula is C11H17F2N3O2. The lowest BCUT2D eigenvalue weighted by Crippen LogP contribution is -2.26. The Morgan fingerprint density at radius 2 is 2.06 bits per heavy atom. The molecule has 0 radical (unpaired) electrons. The second kappa shape index (κ2) is 7.07. The highest BCUT2D eigenvalue weighted by atomic mass is 19.1. The molecule has 0 spiro atoms. The number of methoxy groups -OCH3 is 1. The third-order valence-corrected chi connectivity index (χ3v) is 2.40. The van der Waals surface area contributed by atoms with Crippen LogP contribution in [0.5, 0.6) is 0 Å². The molecule has 0 bridgehead atoms. The molecule has 7 heteroatoms. The highest BCUT2D eigenvalue weighted by Crippen LogP contribution is 2.19. The van der Waals surface area contributed by atoms with Crippen LogP contribution in [0, 0.1) is 11.6 Å². The molecule has 1 atom stereocenters. The highest BCUT2D eigenvalue weighted by molar-refractivity contribution is 5.47. The van der Waals surface area contributed by atoms with Gasteiger partial charge in [0.1, 0.15) is 0 Å². The first-order valence-corrected chi connectivity index (χ1v) is 5.52. The van der Waals surface area contributed by atoms with Gasteiger partial charge < -0.3 is 20.5 Å². The standard InChI is InChI=1S/C11H17F2N3O2/c1-14-10-8(12)5-9(13)11(16-10)15-7(6-17)3-4-18-2/h5,7,17H,3-4,6H2,1-2H3,(H2,14,15,16). The molecule has 1 unspecified atom stereocenters. The van der Waals surface area contributed by atoms with Gasteiger partial charge in [0, 0.05) is 26.8 Å². The Morgan fingerprint density at radius 3 is 2.61 bits per heavy atom. The van der Waals surface area contributed by atoms with E-state index in [1.165, 1.54) is 14.2 Å². The number of rotatable bonds is 7. The maximum absolute atomic E-state index is 13.5. The fourth-order valence-corrected chi connectivity index (χ4v) is 1.41. The summed E-state index contributed by atoms with van der Waals surface area (Å²) in [6, 6.07) is 0.341. The molecule has 1 heterocycles. The number of aromatic nitrogens is 1. The number of halogens is 2. The number of aliphatic hydroxyl groups excluding tert-OH is 1. The maximum Gasteiger partial charge on any atom is 0.168 e. The molecule has 0 aliphatic carbocycles. The van der Waals surface area contributed by atoms with Gasteiger partial charge in [-0.1, -0.05) is 0 Å². The number of ether oxygens (including phenoxy) is 1. The van der Waals surface area contributed by atoms with E-state index in [4.69, 9.17) is 9.84 Å². The largest absolute Gasteiger partial charge is 0.394 e. The molecule has 0 saturated heterocycles. The highest BCUT2D eigenvalue weighted by Gasteiger charge is 2.14. The number of nitrogens with zero attached hydrogens (tertiary/aromatic N) is 1. The summed E-state index contributed by atoms with van der Waals surface area (Å²) < 4.78 is 31.5. The van der Waals surface area contributed by atoms with Crippen molar-refractivity contribution in [1.29, 1.82) is 0 Å². The fourth-order valence-electron chi connectivity index (χ4n) is 1.41. The second-order valence-electron chi connectivity index (χ2n) is 3.70. The van der Waals surface area contributed by atoms with Crippen molar-refractivity contribution in [1.82, 2.24) is 4.98 Å². The molecular weight excluding hydrogens is 244 g/mol. The number of hydrogen-bond donors (Lipinski definition) is 3. The third kappa shape index (κ3) is 3.78. The van der Waals surface area contributed by atoms with Crippen molar-refractivity contribution in [3.05, 3.63) is 17.7 Å². The van der Waals surface area contributed by atoms with Gasteiger partial charge in [0.15, 0.2) is 23.3 Å². The Labute approximate surface area is 104 Å². The van der Waals surface area contributed by atoms with E-state index in [-0.39, 0.29) is 18.2 Å². The number of pyridine rings is 1. The van der Waals surface area contributed by atoms with Crippen LogP contribution in [0.15, 0.2) is 6.07 Å². The van der Waals surface area contributed by atoms with Crippen LogP contribution in [-0.2, 0) is 4.74 Å². The van der Waals surface area contributed by atoms with Crippen LogP contribution in [0.1, 0.15) is 6.42 Å². The van der Waals surface area contributed by atoms with Gasteiger partial charge in [-0.2, -0.15) is 0 Å². The first kappa shape index (κ1) is 14.6. The molecule has 1 rings (SSSR count). The first-order valence-electron chi connectivity index (χ1n) is 5.52. The van der Waals surface area contributed by atoms with Crippen molar-refractivity contribution in [2.24, 2.45) is 0 Å². The lowest BCUT2D eigenvalue weighted by Gasteiger charge is -2.17. The Morgan fingerprint density at radius 1 is 1.39 bits per heavy atom. The van der Waals surface area contributed by atoms with E-state index >= 15 is 0 Å². The van der Waals surface area contributed by atoms with Crippen molar-refractivity contribution in [3.8, 4) is 0 Å². The van der Waals surface area contributed by atoms with E-state index in [0.29, 0.717) is 13.0 Å². The summed E-state index contributed by atoms with van der Waals surface area (Å²) in [6.07, 6.45) is 0.486. The van der Waals surface area contributed by atoms with Crippen LogP contribution in [0.3, 0.4) is 0 Å². The van der Waals surface area contributed by atoms with Gasteiger partial charge in [0.25, 0.3) is 0 Å². The minimum atomic E-state index is -0.803. The summed E-state index contributed by atoms with van der Waals surface area (Å²) in [5, 5.41) is 14.4. The molecule has 18 heavy (non-hydrogen) atoms. The van der Waals surface area contributed by atoms with Crippen LogP contribution in [-0.4, -0.2) is 43.5 Å². The minimum absolute atomic E-state index is 0.0534. The van der Waals surface area contributed by atoms with Crippen LogP contribution < -0.4 is 10.6 Å². The van der Waals surface area contributed by atoms with Crippen molar-refractivity contribution in [2.75, 3.05) is 38.0 Å². The lowest BCUT2D eigenvalue weighted by atomic mass is 10.2. The molecule has 1 aromatic heterocycles. The maximum atomic E-state index is 13.5. The second-order valence-corrected chi connectivity index (χ2v) is 3.70. The van der Waals surface area contributed by atoms with Crippen LogP contribution in [0.2, 0.25) is 0 Å². The fraction of sp³-hybridized carbons (Fsp3) is 0.545. The predicted octanol–water partition coefficient (Wildman–Crippen LogP) is 1.21. The molecule has 0 saturated carbocycles. The Kier molecular flexibility index (Phi) is 5.73. The molecule has 5 nitrogen and oxygen atoms in total. The molecule has 3 N–H and O–H groups in total. The number of hydrogen-bond acceptors (Lipinski definition) is 5. The van der Waals surface area contributed by atoms with Gasteiger partial charge in [-0.3, -0.25) is 0 Å². The summed E-state index contributed by atoms with van der Waals surface area (Å²) in [5.41, 5.74) is 0. The summed E-state index contributed by atoms with van der Waals surface area (Å²) in [4.78, 5) is 3.76. The zero-order valence-corrected chi connectivity index (χ0v) is 10.3. The lowest BCUT2D eigenvalue weighted by molar-refractivity contribution is 0.174. The van der Waals surface area contributed by atoms with Crippen molar-refractivity contribution in [2.45, 2.75) is 12.5 Å². The van der Waals surface area contributed by atoms with Gasteiger partial charge >= 0.3 is 0 Å². The zero-order valence-electron chi connectivity index (χ0n) is 10.3. The number of nitrogens with one attached hydrogen (secondary N) is 2. The molecule has 0 fully saturated rings. The van der Waals surface area contributed by atoms with Crippen LogP contribution >= 0.6 is 0 Å².